The molecule has 0 bridgehead atoms. The molecule has 2 heterocycles. The lowest BCUT2D eigenvalue weighted by Crippen LogP contribution is -2.30. The number of carbonyl (C=O) groups excluding carboxylic acids is 1. The van der Waals surface area contributed by atoms with Gasteiger partial charge in [0, 0.05) is 11.3 Å². The van der Waals surface area contributed by atoms with E-state index < -0.39 is 6.04 Å². The van der Waals surface area contributed by atoms with E-state index in [0.29, 0.717) is 29.6 Å². The van der Waals surface area contributed by atoms with E-state index in [-0.39, 0.29) is 5.97 Å². The molecule has 7 nitrogen and oxygen atoms in total. The smallest absolute Gasteiger partial charge is 0.338 e. The average Bonchev–Trinajstić information content (AvgIpc) is 3.11. The highest BCUT2D eigenvalue weighted by molar-refractivity contribution is 5.92. The number of carbonyl (C=O) groups is 1. The number of benzene rings is 1. The Hall–Kier alpha value is -2.83. The van der Waals surface area contributed by atoms with Crippen LogP contribution in [0.4, 0.5) is 5.95 Å². The van der Waals surface area contributed by atoms with Crippen LogP contribution < -0.4 is 10.1 Å². The lowest BCUT2D eigenvalue weighted by atomic mass is 9.95. The van der Waals surface area contributed by atoms with Crippen molar-refractivity contribution in [3.8, 4) is 5.75 Å². The predicted molar refractivity (Wildman–Crippen MR) is 98.0 cm³/mol. The van der Waals surface area contributed by atoms with Gasteiger partial charge in [-0.05, 0) is 19.4 Å². The zero-order valence-electron chi connectivity index (χ0n) is 15.4. The summed E-state index contributed by atoms with van der Waals surface area (Å²) >= 11 is 0. The number of ether oxygens (including phenoxy) is 2. The highest BCUT2D eigenvalue weighted by atomic mass is 16.5. The van der Waals surface area contributed by atoms with Crippen molar-refractivity contribution in [3.05, 3.63) is 47.4 Å². The number of fused-ring (bicyclic) bond motifs is 1. The van der Waals surface area contributed by atoms with E-state index in [1.165, 1.54) is 6.33 Å². The van der Waals surface area contributed by atoms with E-state index in [1.54, 1.807) is 11.8 Å². The Labute approximate surface area is 153 Å². The van der Waals surface area contributed by atoms with Crippen molar-refractivity contribution >= 4 is 11.9 Å². The zero-order chi connectivity index (χ0) is 18.5. The Morgan fingerprint density at radius 1 is 1.31 bits per heavy atom. The van der Waals surface area contributed by atoms with Crippen LogP contribution in [-0.4, -0.2) is 34.5 Å². The van der Waals surface area contributed by atoms with Crippen LogP contribution in [-0.2, 0) is 9.53 Å². The molecule has 0 amide bonds. The molecule has 1 N–H and O–H groups in total. The fourth-order valence-corrected chi connectivity index (χ4v) is 3.13. The summed E-state index contributed by atoms with van der Waals surface area (Å²) in [6.07, 6.45) is 4.43. The van der Waals surface area contributed by atoms with Crippen molar-refractivity contribution in [2.45, 2.75) is 39.2 Å². The number of para-hydroxylation sites is 1. The lowest BCUT2D eigenvalue weighted by molar-refractivity contribution is -0.139. The SMILES string of the molecule is CCCCCOC(=O)C1=C(C)Nc2ncnn2C1c1ccccc1OC. The number of nitrogens with one attached hydrogen (secondary N) is 1. The van der Waals surface area contributed by atoms with Gasteiger partial charge in [0.05, 0.1) is 19.3 Å². The first-order valence-corrected chi connectivity index (χ1v) is 8.84. The molecule has 0 spiro atoms. The number of methoxy groups -OCH3 is 1. The van der Waals surface area contributed by atoms with Crippen molar-refractivity contribution in [2.24, 2.45) is 0 Å². The van der Waals surface area contributed by atoms with Gasteiger partial charge in [0.15, 0.2) is 0 Å². The zero-order valence-corrected chi connectivity index (χ0v) is 15.4. The van der Waals surface area contributed by atoms with Crippen LogP contribution in [0.3, 0.4) is 0 Å². The van der Waals surface area contributed by atoms with Gasteiger partial charge in [-0.25, -0.2) is 9.48 Å². The second-order valence-corrected chi connectivity index (χ2v) is 6.18. The van der Waals surface area contributed by atoms with Crippen LogP contribution in [0.1, 0.15) is 44.7 Å². The first kappa shape index (κ1) is 18.0. The largest absolute Gasteiger partial charge is 0.496 e. The second kappa shape index (κ2) is 8.03. The predicted octanol–water partition coefficient (Wildman–Crippen LogP) is 3.31. The summed E-state index contributed by atoms with van der Waals surface area (Å²) in [6.45, 7) is 4.37. The van der Waals surface area contributed by atoms with Gasteiger partial charge in [0.25, 0.3) is 0 Å². The molecule has 0 saturated carbocycles. The van der Waals surface area contributed by atoms with Crippen molar-refractivity contribution in [2.75, 3.05) is 19.0 Å². The van der Waals surface area contributed by atoms with Crippen LogP contribution in [0.5, 0.6) is 5.75 Å². The number of hydrogen-bond acceptors (Lipinski definition) is 6. The average molecular weight is 356 g/mol. The number of anilines is 1. The molecule has 0 fully saturated rings. The molecular formula is C19H24N4O3. The van der Waals surface area contributed by atoms with Gasteiger partial charge in [-0.15, -0.1) is 0 Å². The Morgan fingerprint density at radius 2 is 2.12 bits per heavy atom. The lowest BCUT2D eigenvalue weighted by Gasteiger charge is -2.29. The molecule has 3 rings (SSSR count). The molecule has 26 heavy (non-hydrogen) atoms. The van der Waals surface area contributed by atoms with Gasteiger partial charge in [0.1, 0.15) is 18.1 Å². The van der Waals surface area contributed by atoms with Gasteiger partial charge >= 0.3 is 5.97 Å². The monoisotopic (exact) mass is 356 g/mol. The summed E-state index contributed by atoms with van der Waals surface area (Å²) in [5.41, 5.74) is 2.06. The topological polar surface area (TPSA) is 78.3 Å². The van der Waals surface area contributed by atoms with Crippen molar-refractivity contribution in [1.29, 1.82) is 0 Å². The molecule has 1 aliphatic heterocycles. The molecule has 0 radical (unpaired) electrons. The molecule has 2 aromatic rings. The van der Waals surface area contributed by atoms with E-state index >= 15 is 0 Å². The maximum atomic E-state index is 12.9. The minimum absolute atomic E-state index is 0.344. The first-order chi connectivity index (χ1) is 12.7. The van der Waals surface area contributed by atoms with Gasteiger partial charge in [-0.1, -0.05) is 38.0 Å². The normalized spacial score (nSPS) is 16.0. The summed E-state index contributed by atoms with van der Waals surface area (Å²) in [4.78, 5) is 17.1. The van der Waals surface area contributed by atoms with E-state index in [0.717, 1.165) is 24.8 Å². The minimum atomic E-state index is -0.455. The molecule has 7 heteroatoms. The minimum Gasteiger partial charge on any atom is -0.496 e. The fraction of sp³-hybridized carbons (Fsp3) is 0.421. The summed E-state index contributed by atoms with van der Waals surface area (Å²) in [5, 5.41) is 7.45. The third-order valence-corrected chi connectivity index (χ3v) is 4.43. The number of aromatic nitrogens is 3. The molecule has 0 saturated heterocycles. The van der Waals surface area contributed by atoms with Gasteiger partial charge in [-0.2, -0.15) is 10.1 Å². The third kappa shape index (κ3) is 3.42. The molecule has 1 atom stereocenters. The van der Waals surface area contributed by atoms with Gasteiger partial charge in [0.2, 0.25) is 5.95 Å². The summed E-state index contributed by atoms with van der Waals surface area (Å²) in [7, 11) is 1.61. The van der Waals surface area contributed by atoms with Crippen LogP contribution in [0, 0.1) is 0 Å². The maximum absolute atomic E-state index is 12.9. The van der Waals surface area contributed by atoms with Crippen molar-refractivity contribution < 1.29 is 14.3 Å². The number of rotatable bonds is 7. The Bertz CT molecular complexity index is 813. The number of hydrogen-bond donors (Lipinski definition) is 1. The van der Waals surface area contributed by atoms with E-state index in [4.69, 9.17) is 9.47 Å². The Morgan fingerprint density at radius 3 is 2.88 bits per heavy atom. The molecule has 138 valence electrons. The molecule has 1 aromatic carbocycles. The van der Waals surface area contributed by atoms with Crippen LogP contribution >= 0.6 is 0 Å². The first-order valence-electron chi connectivity index (χ1n) is 8.84. The maximum Gasteiger partial charge on any atom is 0.338 e. The van der Waals surface area contributed by atoms with Gasteiger partial charge < -0.3 is 14.8 Å². The highest BCUT2D eigenvalue weighted by Gasteiger charge is 2.35. The van der Waals surface area contributed by atoms with Crippen molar-refractivity contribution in [3.63, 3.8) is 0 Å². The second-order valence-electron chi connectivity index (χ2n) is 6.18. The molecule has 1 aliphatic rings. The van der Waals surface area contributed by atoms with Gasteiger partial charge in [-0.3, -0.25) is 0 Å². The quantitative estimate of drug-likeness (QED) is 0.606. The molecule has 1 unspecified atom stereocenters. The number of esters is 1. The Balaban J connectivity index is 1.98. The molecular weight excluding hydrogens is 332 g/mol. The standard InChI is InChI=1S/C19H24N4O3/c1-4-5-8-11-26-18(24)16-13(2)22-19-20-12-21-23(19)17(16)14-9-6-7-10-15(14)25-3/h6-7,9-10,12,17H,4-5,8,11H2,1-3H3,(H,20,21,22). The van der Waals surface area contributed by atoms with Crippen molar-refractivity contribution in [1.82, 2.24) is 14.8 Å². The van der Waals surface area contributed by atoms with Crippen LogP contribution in [0.25, 0.3) is 0 Å². The van der Waals surface area contributed by atoms with E-state index in [1.807, 2.05) is 31.2 Å². The third-order valence-electron chi connectivity index (χ3n) is 4.43. The van der Waals surface area contributed by atoms with Crippen LogP contribution in [0.2, 0.25) is 0 Å². The van der Waals surface area contributed by atoms with E-state index in [2.05, 4.69) is 22.3 Å². The number of unbranched alkanes of at least 4 members (excludes halogenated alkanes) is 2. The van der Waals surface area contributed by atoms with E-state index in [9.17, 15) is 4.79 Å². The summed E-state index contributed by atoms with van der Waals surface area (Å²) in [6, 6.07) is 7.15. The summed E-state index contributed by atoms with van der Waals surface area (Å²) < 4.78 is 12.7. The Kier molecular flexibility index (Phi) is 5.55. The summed E-state index contributed by atoms with van der Waals surface area (Å²) in [5.74, 6) is 0.925. The van der Waals surface area contributed by atoms with Crippen LogP contribution in [0.15, 0.2) is 41.9 Å². The molecule has 1 aromatic heterocycles. The molecule has 0 aliphatic carbocycles. The highest BCUT2D eigenvalue weighted by Crippen LogP contribution is 2.38. The number of allylic oxidation sites excluding steroid dienone is 1. The number of nitrogens with zero attached hydrogens (tertiary/aromatic N) is 3. The fourth-order valence-electron chi connectivity index (χ4n) is 3.13.